The van der Waals surface area contributed by atoms with Crippen molar-refractivity contribution >= 4 is 34.6 Å². The molecule has 82 valence electrons. The Hall–Kier alpha value is -1.59. The molecule has 0 unspecified atom stereocenters. The lowest BCUT2D eigenvalue weighted by Gasteiger charge is -2.05. The van der Waals surface area contributed by atoms with Gasteiger partial charge in [-0.3, -0.25) is 0 Å². The first-order chi connectivity index (χ1) is 7.59. The number of nitrogens with zero attached hydrogens (tertiary/aromatic N) is 1. The van der Waals surface area contributed by atoms with Crippen molar-refractivity contribution in [2.24, 2.45) is 0 Å². The molecule has 4 nitrogen and oxygen atoms in total. The Balaban J connectivity index is 2.62. The second kappa shape index (κ2) is 4.11. The number of rotatable bonds is 2. The Morgan fingerprint density at radius 2 is 2.31 bits per heavy atom. The van der Waals surface area contributed by atoms with Crippen molar-refractivity contribution in [2.45, 2.75) is 0 Å². The Morgan fingerprint density at radius 1 is 1.56 bits per heavy atom. The molecule has 16 heavy (non-hydrogen) atoms. The fraction of sp³-hybridized carbons (Fsp3) is 0. The normalized spacial score (nSPS) is 10.3. The zero-order valence-corrected chi connectivity index (χ0v) is 9.55. The van der Waals surface area contributed by atoms with Gasteiger partial charge in [0.05, 0.1) is 21.3 Å². The standard InChI is InChI=1S/C10H7ClN2O2S/c11-8-5(12)4-6(7-2-1-3-16-7)13-9(8)10(14)15/h1-4H,(H2,12,13)(H,14,15). The number of anilines is 1. The maximum absolute atomic E-state index is 10.9. The fourth-order valence-electron chi connectivity index (χ4n) is 1.24. The van der Waals surface area contributed by atoms with Gasteiger partial charge in [-0.25, -0.2) is 9.78 Å². The van der Waals surface area contributed by atoms with E-state index in [4.69, 9.17) is 22.4 Å². The predicted molar refractivity (Wildman–Crippen MR) is 63.9 cm³/mol. The Labute approximate surface area is 100 Å². The van der Waals surface area contributed by atoms with E-state index in [0.29, 0.717) is 5.69 Å². The van der Waals surface area contributed by atoms with Gasteiger partial charge in [0.15, 0.2) is 5.69 Å². The van der Waals surface area contributed by atoms with Gasteiger partial charge in [-0.1, -0.05) is 17.7 Å². The molecule has 2 aromatic heterocycles. The number of nitrogens with two attached hydrogens (primary N) is 1. The molecule has 0 spiro atoms. The molecule has 0 aliphatic rings. The van der Waals surface area contributed by atoms with Gasteiger partial charge in [0.1, 0.15) is 0 Å². The zero-order chi connectivity index (χ0) is 11.7. The first kappa shape index (κ1) is 10.9. The largest absolute Gasteiger partial charge is 0.476 e. The van der Waals surface area contributed by atoms with Gasteiger partial charge in [0.25, 0.3) is 0 Å². The number of hydrogen-bond acceptors (Lipinski definition) is 4. The number of aromatic nitrogens is 1. The molecule has 0 aliphatic carbocycles. The number of carboxylic acids is 1. The number of thiophene rings is 1. The molecule has 2 heterocycles. The van der Waals surface area contributed by atoms with Crippen LogP contribution in [-0.2, 0) is 0 Å². The van der Waals surface area contributed by atoms with Crippen LogP contribution >= 0.6 is 22.9 Å². The highest BCUT2D eigenvalue weighted by Gasteiger charge is 2.16. The highest BCUT2D eigenvalue weighted by atomic mass is 35.5. The van der Waals surface area contributed by atoms with Gasteiger partial charge in [-0.15, -0.1) is 11.3 Å². The lowest BCUT2D eigenvalue weighted by Crippen LogP contribution is -2.04. The van der Waals surface area contributed by atoms with Crippen molar-refractivity contribution in [1.29, 1.82) is 0 Å². The SMILES string of the molecule is Nc1cc(-c2cccs2)nc(C(=O)O)c1Cl. The lowest BCUT2D eigenvalue weighted by molar-refractivity contribution is 0.0691. The Morgan fingerprint density at radius 3 is 2.88 bits per heavy atom. The van der Waals surface area contributed by atoms with Crippen molar-refractivity contribution in [2.75, 3.05) is 5.73 Å². The summed E-state index contributed by atoms with van der Waals surface area (Å²) < 4.78 is 0. The maximum atomic E-state index is 10.9. The van der Waals surface area contributed by atoms with E-state index < -0.39 is 5.97 Å². The Bertz CT molecular complexity index is 540. The average Bonchev–Trinajstić information content (AvgIpc) is 2.74. The van der Waals surface area contributed by atoms with E-state index in [1.165, 1.54) is 11.3 Å². The molecular formula is C10H7ClN2O2S. The van der Waals surface area contributed by atoms with Crippen LogP contribution in [0.4, 0.5) is 5.69 Å². The molecule has 2 aromatic rings. The van der Waals surface area contributed by atoms with Crippen LogP contribution in [-0.4, -0.2) is 16.1 Å². The van der Waals surface area contributed by atoms with E-state index >= 15 is 0 Å². The molecule has 0 amide bonds. The predicted octanol–water partition coefficient (Wildman–Crippen LogP) is 2.74. The highest BCUT2D eigenvalue weighted by molar-refractivity contribution is 7.13. The average molecular weight is 255 g/mol. The molecule has 0 radical (unpaired) electrons. The first-order valence-corrected chi connectivity index (χ1v) is 5.58. The summed E-state index contributed by atoms with van der Waals surface area (Å²) in [6.07, 6.45) is 0. The summed E-state index contributed by atoms with van der Waals surface area (Å²) in [5.74, 6) is -1.19. The van der Waals surface area contributed by atoms with Crippen LogP contribution in [0.5, 0.6) is 0 Å². The van der Waals surface area contributed by atoms with Crippen molar-refractivity contribution in [3.8, 4) is 10.6 Å². The monoisotopic (exact) mass is 254 g/mol. The van der Waals surface area contributed by atoms with Crippen molar-refractivity contribution in [3.05, 3.63) is 34.3 Å². The summed E-state index contributed by atoms with van der Waals surface area (Å²) in [4.78, 5) is 15.7. The fourth-order valence-corrected chi connectivity index (χ4v) is 2.11. The molecule has 3 N–H and O–H groups in total. The minimum absolute atomic E-state index is 0.0205. The van der Waals surface area contributed by atoms with E-state index in [-0.39, 0.29) is 16.4 Å². The van der Waals surface area contributed by atoms with Crippen LogP contribution in [0.15, 0.2) is 23.6 Å². The van der Waals surface area contributed by atoms with Gasteiger partial charge < -0.3 is 10.8 Å². The third-order valence-corrected chi connectivity index (χ3v) is 3.25. The second-order valence-electron chi connectivity index (χ2n) is 3.04. The van der Waals surface area contributed by atoms with Gasteiger partial charge in [0, 0.05) is 0 Å². The number of pyridine rings is 1. The lowest BCUT2D eigenvalue weighted by atomic mass is 10.2. The topological polar surface area (TPSA) is 76.2 Å². The van der Waals surface area contributed by atoms with Gasteiger partial charge in [0.2, 0.25) is 0 Å². The zero-order valence-electron chi connectivity index (χ0n) is 7.98. The molecule has 6 heteroatoms. The van der Waals surface area contributed by atoms with Crippen molar-refractivity contribution < 1.29 is 9.90 Å². The maximum Gasteiger partial charge on any atom is 0.356 e. The number of carbonyl (C=O) groups is 1. The Kier molecular flexibility index (Phi) is 2.80. The smallest absolute Gasteiger partial charge is 0.356 e. The van der Waals surface area contributed by atoms with Crippen LogP contribution < -0.4 is 5.73 Å². The number of nitrogen functional groups attached to an aromatic ring is 1. The molecule has 0 atom stereocenters. The van der Waals surface area contributed by atoms with E-state index in [2.05, 4.69) is 4.98 Å². The minimum Gasteiger partial charge on any atom is -0.476 e. The van der Waals surface area contributed by atoms with E-state index in [0.717, 1.165) is 4.88 Å². The first-order valence-electron chi connectivity index (χ1n) is 4.33. The number of carboxylic acid groups (broad SMARTS) is 1. The molecule has 0 saturated carbocycles. The summed E-state index contributed by atoms with van der Waals surface area (Å²) in [6, 6.07) is 5.26. The summed E-state index contributed by atoms with van der Waals surface area (Å²) in [5.41, 5.74) is 6.16. The molecular weight excluding hydrogens is 248 g/mol. The molecule has 0 bridgehead atoms. The quantitative estimate of drug-likeness (QED) is 0.864. The van der Waals surface area contributed by atoms with Gasteiger partial charge in [-0.05, 0) is 17.5 Å². The minimum atomic E-state index is -1.19. The van der Waals surface area contributed by atoms with E-state index in [1.54, 1.807) is 6.07 Å². The van der Waals surface area contributed by atoms with Crippen LogP contribution in [0.2, 0.25) is 5.02 Å². The third-order valence-electron chi connectivity index (χ3n) is 1.96. The van der Waals surface area contributed by atoms with E-state index in [9.17, 15) is 4.79 Å². The highest BCUT2D eigenvalue weighted by Crippen LogP contribution is 2.30. The van der Waals surface area contributed by atoms with E-state index in [1.807, 2.05) is 17.5 Å². The summed E-state index contributed by atoms with van der Waals surface area (Å²) in [6.45, 7) is 0. The van der Waals surface area contributed by atoms with Crippen LogP contribution in [0.1, 0.15) is 10.5 Å². The summed E-state index contributed by atoms with van der Waals surface area (Å²) >= 11 is 7.21. The molecule has 0 aliphatic heterocycles. The van der Waals surface area contributed by atoms with Crippen LogP contribution in [0.25, 0.3) is 10.6 Å². The summed E-state index contributed by atoms with van der Waals surface area (Å²) in [5, 5.41) is 10.8. The molecule has 0 fully saturated rings. The molecule has 2 rings (SSSR count). The third kappa shape index (κ3) is 1.87. The van der Waals surface area contributed by atoms with Crippen molar-refractivity contribution in [1.82, 2.24) is 4.98 Å². The number of halogens is 1. The van der Waals surface area contributed by atoms with Crippen LogP contribution in [0, 0.1) is 0 Å². The van der Waals surface area contributed by atoms with Gasteiger partial charge in [-0.2, -0.15) is 0 Å². The summed E-state index contributed by atoms with van der Waals surface area (Å²) in [7, 11) is 0. The second-order valence-corrected chi connectivity index (χ2v) is 4.37. The molecule has 0 aromatic carbocycles. The van der Waals surface area contributed by atoms with Crippen molar-refractivity contribution in [3.63, 3.8) is 0 Å². The number of hydrogen-bond donors (Lipinski definition) is 2. The van der Waals surface area contributed by atoms with Crippen LogP contribution in [0.3, 0.4) is 0 Å². The molecule has 0 saturated heterocycles. The van der Waals surface area contributed by atoms with Gasteiger partial charge >= 0.3 is 5.97 Å². The number of aromatic carboxylic acids is 1.